The smallest absolute Gasteiger partial charge is 0.290 e. The fourth-order valence-electron chi connectivity index (χ4n) is 5.35. The highest BCUT2D eigenvalue weighted by molar-refractivity contribution is 7.13. The molecule has 3 aliphatic heterocycles. The number of fused-ring (bicyclic) bond motifs is 4. The lowest BCUT2D eigenvalue weighted by Crippen LogP contribution is -2.65. The average Bonchev–Trinajstić information content (AvgIpc) is 3.35. The summed E-state index contributed by atoms with van der Waals surface area (Å²) < 4.78 is 0. The maximum Gasteiger partial charge on any atom is 0.290 e. The molecule has 0 saturated carbocycles. The molecule has 3 saturated heterocycles. The Morgan fingerprint density at radius 1 is 1.29 bits per heavy atom. The predicted octanol–water partition coefficient (Wildman–Crippen LogP) is 1.14. The second-order valence-corrected chi connectivity index (χ2v) is 8.97. The monoisotopic (exact) mass is 445 g/mol. The number of aromatic nitrogens is 4. The van der Waals surface area contributed by atoms with Gasteiger partial charge in [0.05, 0.1) is 6.20 Å². The van der Waals surface area contributed by atoms with Gasteiger partial charge in [-0.1, -0.05) is 17.8 Å². The minimum Gasteiger partial charge on any atom is -0.483 e. The molecule has 2 aromatic heterocycles. The van der Waals surface area contributed by atoms with Crippen LogP contribution in [0.15, 0.2) is 24.1 Å². The zero-order valence-electron chi connectivity index (χ0n) is 17.2. The van der Waals surface area contributed by atoms with Gasteiger partial charge in [-0.25, -0.2) is 4.98 Å². The fraction of sp³-hybridized carbons (Fsp3) is 0.600. The van der Waals surface area contributed by atoms with Crippen LogP contribution in [0.25, 0.3) is 0 Å². The molecule has 2 N–H and O–H groups in total. The molecule has 4 atom stereocenters. The van der Waals surface area contributed by atoms with Crippen LogP contribution in [0.4, 0.5) is 5.13 Å². The first-order chi connectivity index (χ1) is 15.2. The summed E-state index contributed by atoms with van der Waals surface area (Å²) in [5.41, 5.74) is 2.19. The molecule has 2 aromatic rings. The molecule has 0 aliphatic carbocycles. The average molecular weight is 446 g/mol. The van der Waals surface area contributed by atoms with E-state index in [-0.39, 0.29) is 12.4 Å². The Kier molecular flexibility index (Phi) is 7.03. The third-order valence-corrected chi connectivity index (χ3v) is 7.26. The van der Waals surface area contributed by atoms with Crippen LogP contribution in [0.2, 0.25) is 0 Å². The van der Waals surface area contributed by atoms with Crippen molar-refractivity contribution in [3.63, 3.8) is 0 Å². The quantitative estimate of drug-likeness (QED) is 0.667. The SMILES string of the molecule is O=C(NC[C@H]1[C@H]2C[C@H](CN(c3nncs3)C2)[C@@H]2CCCCN21)c1cnccn1.O=CO. The van der Waals surface area contributed by atoms with Gasteiger partial charge < -0.3 is 15.3 Å². The lowest BCUT2D eigenvalue weighted by atomic mass is 9.72. The lowest BCUT2D eigenvalue weighted by Gasteiger charge is -2.56. The first-order valence-corrected chi connectivity index (χ1v) is 11.5. The number of amides is 1. The van der Waals surface area contributed by atoms with Crippen molar-refractivity contribution in [2.75, 3.05) is 31.1 Å². The normalized spacial score (nSPS) is 27.4. The molecule has 5 heterocycles. The molecule has 0 radical (unpaired) electrons. The maximum atomic E-state index is 12.5. The first kappa shape index (κ1) is 21.6. The van der Waals surface area contributed by atoms with Gasteiger partial charge in [0, 0.05) is 44.1 Å². The van der Waals surface area contributed by atoms with Crippen molar-refractivity contribution < 1.29 is 14.7 Å². The molecule has 1 amide bonds. The number of anilines is 1. The molecule has 31 heavy (non-hydrogen) atoms. The second-order valence-electron chi connectivity index (χ2n) is 8.16. The highest BCUT2D eigenvalue weighted by atomic mass is 32.1. The van der Waals surface area contributed by atoms with Crippen molar-refractivity contribution in [1.29, 1.82) is 0 Å². The molecule has 2 bridgehead atoms. The van der Waals surface area contributed by atoms with E-state index in [2.05, 4.69) is 35.3 Å². The Morgan fingerprint density at radius 2 is 2.13 bits per heavy atom. The maximum absolute atomic E-state index is 12.5. The number of nitrogens with zero attached hydrogens (tertiary/aromatic N) is 6. The van der Waals surface area contributed by atoms with Gasteiger partial charge in [0.2, 0.25) is 5.13 Å². The Morgan fingerprint density at radius 3 is 2.87 bits per heavy atom. The summed E-state index contributed by atoms with van der Waals surface area (Å²) in [5.74, 6) is 1.06. The molecular weight excluding hydrogens is 418 g/mol. The summed E-state index contributed by atoms with van der Waals surface area (Å²) in [5, 5.41) is 19.4. The first-order valence-electron chi connectivity index (χ1n) is 10.6. The van der Waals surface area contributed by atoms with Crippen LogP contribution in [0.5, 0.6) is 0 Å². The van der Waals surface area contributed by atoms with E-state index in [1.807, 2.05) is 5.51 Å². The summed E-state index contributed by atoms with van der Waals surface area (Å²) in [6.07, 6.45) is 9.72. The van der Waals surface area contributed by atoms with Crippen LogP contribution in [-0.2, 0) is 4.79 Å². The largest absolute Gasteiger partial charge is 0.483 e. The van der Waals surface area contributed by atoms with Crippen molar-refractivity contribution in [2.24, 2.45) is 11.8 Å². The summed E-state index contributed by atoms with van der Waals surface area (Å²) >= 11 is 1.62. The number of hydrogen-bond acceptors (Lipinski definition) is 9. The number of rotatable bonds is 4. The van der Waals surface area contributed by atoms with Gasteiger partial charge in [0.1, 0.15) is 11.2 Å². The lowest BCUT2D eigenvalue weighted by molar-refractivity contribution is -0.122. The highest BCUT2D eigenvalue weighted by Gasteiger charge is 2.47. The minimum absolute atomic E-state index is 0.138. The molecule has 0 aromatic carbocycles. The van der Waals surface area contributed by atoms with Crippen LogP contribution in [-0.4, -0.2) is 80.8 Å². The van der Waals surface area contributed by atoms with E-state index in [1.54, 1.807) is 23.7 Å². The Balaban J connectivity index is 0.000000730. The molecule has 0 spiro atoms. The molecule has 0 unspecified atom stereocenters. The topological polar surface area (TPSA) is 124 Å². The fourth-order valence-corrected chi connectivity index (χ4v) is 5.93. The van der Waals surface area contributed by atoms with Crippen LogP contribution >= 0.6 is 11.3 Å². The number of hydrogen-bond donors (Lipinski definition) is 2. The van der Waals surface area contributed by atoms with E-state index in [0.29, 0.717) is 36.2 Å². The third kappa shape index (κ3) is 4.82. The molecule has 3 fully saturated rings. The zero-order valence-corrected chi connectivity index (χ0v) is 18.0. The predicted molar refractivity (Wildman–Crippen MR) is 115 cm³/mol. The van der Waals surface area contributed by atoms with Gasteiger partial charge >= 0.3 is 0 Å². The minimum atomic E-state index is -0.250. The zero-order chi connectivity index (χ0) is 21.6. The number of carbonyl (C=O) groups excluding carboxylic acids is 1. The van der Waals surface area contributed by atoms with Gasteiger partial charge in [-0.05, 0) is 37.6 Å². The van der Waals surface area contributed by atoms with E-state index >= 15 is 0 Å². The number of carbonyl (C=O) groups is 2. The van der Waals surface area contributed by atoms with Crippen molar-refractivity contribution in [1.82, 2.24) is 30.4 Å². The number of nitrogens with one attached hydrogen (secondary N) is 1. The van der Waals surface area contributed by atoms with Crippen molar-refractivity contribution in [3.05, 3.63) is 29.8 Å². The third-order valence-electron chi connectivity index (χ3n) is 6.51. The van der Waals surface area contributed by atoms with Gasteiger partial charge in [-0.15, -0.1) is 10.2 Å². The van der Waals surface area contributed by atoms with Crippen LogP contribution in [0, 0.1) is 11.8 Å². The van der Waals surface area contributed by atoms with E-state index in [0.717, 1.165) is 24.8 Å². The number of carboxylic acid groups (broad SMARTS) is 1. The van der Waals surface area contributed by atoms with Crippen molar-refractivity contribution >= 4 is 28.8 Å². The Hall–Kier alpha value is -2.66. The van der Waals surface area contributed by atoms with E-state index < -0.39 is 0 Å². The summed E-state index contributed by atoms with van der Waals surface area (Å²) in [6, 6.07) is 0.969. The summed E-state index contributed by atoms with van der Waals surface area (Å²) in [4.78, 5) is 34.1. The van der Waals surface area contributed by atoms with Crippen LogP contribution in [0.1, 0.15) is 36.2 Å². The summed E-state index contributed by atoms with van der Waals surface area (Å²) in [7, 11) is 0. The standard InChI is InChI=1S/C19H25N7OS.CH2O2/c27-18(15-8-20-4-5-21-15)22-9-17-14-7-13(16-3-1-2-6-26(16)17)10-25(11-14)19-24-23-12-28-19;2-1-3/h4-5,8,12-14,16-17H,1-3,6-7,9-11H2,(H,22,27);1H,(H,2,3)/t13-,14+,16+,17+;/m1./s1. The summed E-state index contributed by atoms with van der Waals surface area (Å²) in [6.45, 7) is 3.61. The molecule has 11 heteroatoms. The van der Waals surface area contributed by atoms with E-state index in [1.165, 1.54) is 31.9 Å². The van der Waals surface area contributed by atoms with Gasteiger partial charge in [-0.2, -0.15) is 0 Å². The Labute approximate surface area is 184 Å². The van der Waals surface area contributed by atoms with E-state index in [9.17, 15) is 4.79 Å². The van der Waals surface area contributed by atoms with Crippen LogP contribution in [0.3, 0.4) is 0 Å². The molecular formula is C20H27N7O3S. The van der Waals surface area contributed by atoms with E-state index in [4.69, 9.17) is 9.90 Å². The molecule has 10 nitrogen and oxygen atoms in total. The van der Waals surface area contributed by atoms with Gasteiger partial charge in [0.15, 0.2) is 0 Å². The second kappa shape index (κ2) is 10.1. The van der Waals surface area contributed by atoms with Gasteiger partial charge in [-0.3, -0.25) is 19.5 Å². The highest BCUT2D eigenvalue weighted by Crippen LogP contribution is 2.42. The van der Waals surface area contributed by atoms with Crippen LogP contribution < -0.4 is 10.2 Å². The van der Waals surface area contributed by atoms with Crippen molar-refractivity contribution in [2.45, 2.75) is 37.8 Å². The molecule has 3 aliphatic rings. The van der Waals surface area contributed by atoms with Crippen molar-refractivity contribution in [3.8, 4) is 0 Å². The molecule has 5 rings (SSSR count). The number of piperidine rings is 3. The molecule has 166 valence electrons. The Bertz CT molecular complexity index is 854. The van der Waals surface area contributed by atoms with Gasteiger partial charge in [0.25, 0.3) is 12.4 Å².